The maximum atomic E-state index is 12.3. The summed E-state index contributed by atoms with van der Waals surface area (Å²) in [4.78, 5) is 25.2. The second kappa shape index (κ2) is 9.03. The minimum Gasteiger partial charge on any atom is -0.332 e. The molecule has 136 valence electrons. The molecular weight excluding hydrogens is 344 g/mol. The lowest BCUT2D eigenvalue weighted by Crippen LogP contribution is -2.53. The number of hydrogen-bond donors (Lipinski definition) is 2. The van der Waals surface area contributed by atoms with Crippen LogP contribution in [0.2, 0.25) is 0 Å². The quantitative estimate of drug-likeness (QED) is 0.546. The standard InChI is InChI=1S/C16H22N4O4S/c1-4-20(11-17)15(21)14(10-25(3,23)24)19-16(22)18-12(2)13-8-6-5-7-9-13/h5-9,12,14H,4,10H2,1-3H3,(H2,18,19,22)/t12-,14?/m0/s1. The molecule has 0 heterocycles. The molecule has 0 saturated heterocycles. The molecular formula is C16H22N4O4S. The third kappa shape index (κ3) is 6.81. The molecule has 0 aliphatic carbocycles. The number of carbonyl (C=O) groups excluding carboxylic acids is 2. The SMILES string of the molecule is CCN(C#N)C(=O)C(CS(C)(=O)=O)NC(=O)N[C@@H](C)c1ccccc1. The Hall–Kier alpha value is -2.60. The number of nitrogens with one attached hydrogen (secondary N) is 2. The van der Waals surface area contributed by atoms with Gasteiger partial charge < -0.3 is 10.6 Å². The Balaban J connectivity index is 2.84. The molecule has 0 bridgehead atoms. The minimum absolute atomic E-state index is 0.0827. The van der Waals surface area contributed by atoms with E-state index >= 15 is 0 Å². The monoisotopic (exact) mass is 366 g/mol. The molecule has 0 spiro atoms. The van der Waals surface area contributed by atoms with Gasteiger partial charge in [-0.15, -0.1) is 0 Å². The topological polar surface area (TPSA) is 119 Å². The summed E-state index contributed by atoms with van der Waals surface area (Å²) in [5.41, 5.74) is 0.857. The number of nitriles is 1. The number of rotatable bonds is 7. The van der Waals surface area contributed by atoms with Crippen molar-refractivity contribution in [2.75, 3.05) is 18.6 Å². The van der Waals surface area contributed by atoms with E-state index in [4.69, 9.17) is 5.26 Å². The van der Waals surface area contributed by atoms with Gasteiger partial charge in [0.05, 0.1) is 11.8 Å². The largest absolute Gasteiger partial charge is 0.332 e. The van der Waals surface area contributed by atoms with Crippen LogP contribution in [0.3, 0.4) is 0 Å². The van der Waals surface area contributed by atoms with Gasteiger partial charge in [0.2, 0.25) is 0 Å². The van der Waals surface area contributed by atoms with Gasteiger partial charge in [0.15, 0.2) is 6.19 Å². The predicted molar refractivity (Wildman–Crippen MR) is 93.0 cm³/mol. The molecule has 1 rings (SSSR count). The molecule has 0 aliphatic heterocycles. The molecule has 2 N–H and O–H groups in total. The lowest BCUT2D eigenvalue weighted by molar-refractivity contribution is -0.129. The molecule has 0 saturated carbocycles. The zero-order chi connectivity index (χ0) is 19.0. The fourth-order valence-corrected chi connectivity index (χ4v) is 2.99. The highest BCUT2D eigenvalue weighted by Crippen LogP contribution is 2.10. The second-order valence-corrected chi connectivity index (χ2v) is 7.76. The van der Waals surface area contributed by atoms with E-state index in [2.05, 4.69) is 10.6 Å². The molecule has 1 aromatic rings. The molecule has 25 heavy (non-hydrogen) atoms. The van der Waals surface area contributed by atoms with E-state index in [1.165, 1.54) is 0 Å². The van der Waals surface area contributed by atoms with E-state index in [0.29, 0.717) is 0 Å². The van der Waals surface area contributed by atoms with Gasteiger partial charge in [-0.1, -0.05) is 30.3 Å². The summed E-state index contributed by atoms with van der Waals surface area (Å²) in [6.45, 7) is 3.42. The van der Waals surface area contributed by atoms with Crippen molar-refractivity contribution in [3.63, 3.8) is 0 Å². The van der Waals surface area contributed by atoms with Crippen LogP contribution in [0.1, 0.15) is 25.5 Å². The van der Waals surface area contributed by atoms with Crippen LogP contribution < -0.4 is 10.6 Å². The molecule has 0 radical (unpaired) electrons. The Morgan fingerprint density at radius 3 is 2.32 bits per heavy atom. The summed E-state index contributed by atoms with van der Waals surface area (Å²) in [6.07, 6.45) is 2.64. The molecule has 1 unspecified atom stereocenters. The first-order valence-electron chi connectivity index (χ1n) is 7.68. The first-order chi connectivity index (χ1) is 11.7. The van der Waals surface area contributed by atoms with Crippen LogP contribution in [0.4, 0.5) is 4.79 Å². The Bertz CT molecular complexity index is 743. The average Bonchev–Trinajstić information content (AvgIpc) is 2.54. The Morgan fingerprint density at radius 2 is 1.84 bits per heavy atom. The van der Waals surface area contributed by atoms with Crippen LogP contribution in [-0.4, -0.2) is 49.9 Å². The molecule has 1 aromatic carbocycles. The van der Waals surface area contributed by atoms with Gasteiger partial charge in [-0.05, 0) is 19.4 Å². The van der Waals surface area contributed by atoms with Gasteiger partial charge >= 0.3 is 6.03 Å². The maximum Gasteiger partial charge on any atom is 0.315 e. The number of nitrogens with zero attached hydrogens (tertiary/aromatic N) is 2. The van der Waals surface area contributed by atoms with Gasteiger partial charge in [-0.25, -0.2) is 18.1 Å². The van der Waals surface area contributed by atoms with E-state index in [0.717, 1.165) is 16.7 Å². The summed E-state index contributed by atoms with van der Waals surface area (Å²) in [6, 6.07) is 6.80. The number of amides is 3. The van der Waals surface area contributed by atoms with Gasteiger partial charge in [-0.3, -0.25) is 4.79 Å². The lowest BCUT2D eigenvalue weighted by atomic mass is 10.1. The normalized spacial score (nSPS) is 13.2. The summed E-state index contributed by atoms with van der Waals surface area (Å²) in [5.74, 6) is -1.35. The van der Waals surface area contributed by atoms with Crippen molar-refractivity contribution in [1.82, 2.24) is 15.5 Å². The summed E-state index contributed by atoms with van der Waals surface area (Å²) >= 11 is 0. The minimum atomic E-state index is -3.54. The highest BCUT2D eigenvalue weighted by molar-refractivity contribution is 7.90. The summed E-state index contributed by atoms with van der Waals surface area (Å²) in [7, 11) is -3.54. The number of likely N-dealkylation sites (N-methyl/N-ethyl adjacent to an activating group) is 1. The van der Waals surface area contributed by atoms with Gasteiger partial charge in [0.25, 0.3) is 5.91 Å². The second-order valence-electron chi connectivity index (χ2n) is 5.58. The molecule has 0 aliphatic rings. The molecule has 3 amide bonds. The predicted octanol–water partition coefficient (Wildman–Crippen LogP) is 0.790. The van der Waals surface area contributed by atoms with E-state index in [1.54, 1.807) is 20.0 Å². The number of sulfone groups is 1. The van der Waals surface area contributed by atoms with Crippen LogP contribution in [0, 0.1) is 11.5 Å². The number of hydrogen-bond acceptors (Lipinski definition) is 5. The van der Waals surface area contributed by atoms with Crippen LogP contribution in [-0.2, 0) is 14.6 Å². The molecule has 2 atom stereocenters. The van der Waals surface area contributed by atoms with E-state index in [-0.39, 0.29) is 12.6 Å². The van der Waals surface area contributed by atoms with Crippen LogP contribution in [0.15, 0.2) is 30.3 Å². The number of benzene rings is 1. The third-order valence-electron chi connectivity index (χ3n) is 3.42. The molecule has 0 aromatic heterocycles. The fraction of sp³-hybridized carbons (Fsp3) is 0.438. The highest BCUT2D eigenvalue weighted by Gasteiger charge is 2.29. The van der Waals surface area contributed by atoms with Crippen molar-refractivity contribution in [1.29, 1.82) is 5.26 Å². The zero-order valence-electron chi connectivity index (χ0n) is 14.4. The molecule has 0 fully saturated rings. The molecule has 8 nitrogen and oxygen atoms in total. The summed E-state index contributed by atoms with van der Waals surface area (Å²) < 4.78 is 23.1. The highest BCUT2D eigenvalue weighted by atomic mass is 32.2. The van der Waals surface area contributed by atoms with Gasteiger partial charge in [0.1, 0.15) is 15.9 Å². The van der Waals surface area contributed by atoms with Gasteiger partial charge in [0, 0.05) is 12.8 Å². The average molecular weight is 366 g/mol. The summed E-state index contributed by atoms with van der Waals surface area (Å²) in [5, 5.41) is 13.9. The van der Waals surface area contributed by atoms with Gasteiger partial charge in [-0.2, -0.15) is 5.26 Å². The third-order valence-corrected chi connectivity index (χ3v) is 4.36. The smallest absolute Gasteiger partial charge is 0.315 e. The Labute approximate surface area is 147 Å². The maximum absolute atomic E-state index is 12.3. The first kappa shape index (κ1) is 20.4. The lowest BCUT2D eigenvalue weighted by Gasteiger charge is -2.22. The van der Waals surface area contributed by atoms with Crippen LogP contribution in [0.5, 0.6) is 0 Å². The van der Waals surface area contributed by atoms with E-state index < -0.39 is 33.6 Å². The van der Waals surface area contributed by atoms with Crippen LogP contribution >= 0.6 is 0 Å². The Kier molecular flexibility index (Phi) is 7.39. The zero-order valence-corrected chi connectivity index (χ0v) is 15.2. The van der Waals surface area contributed by atoms with Crippen molar-refractivity contribution < 1.29 is 18.0 Å². The molecule has 9 heteroatoms. The first-order valence-corrected chi connectivity index (χ1v) is 9.74. The van der Waals surface area contributed by atoms with Crippen molar-refractivity contribution in [3.8, 4) is 6.19 Å². The van der Waals surface area contributed by atoms with Crippen molar-refractivity contribution in [2.24, 2.45) is 0 Å². The van der Waals surface area contributed by atoms with Crippen LogP contribution in [0.25, 0.3) is 0 Å². The number of carbonyl (C=O) groups is 2. The fourth-order valence-electron chi connectivity index (χ4n) is 2.16. The van der Waals surface area contributed by atoms with Crippen molar-refractivity contribution >= 4 is 21.8 Å². The van der Waals surface area contributed by atoms with E-state index in [1.807, 2.05) is 30.3 Å². The van der Waals surface area contributed by atoms with Crippen molar-refractivity contribution in [2.45, 2.75) is 25.9 Å². The number of urea groups is 1. The van der Waals surface area contributed by atoms with Crippen molar-refractivity contribution in [3.05, 3.63) is 35.9 Å². The Morgan fingerprint density at radius 1 is 1.24 bits per heavy atom. The van der Waals surface area contributed by atoms with E-state index in [9.17, 15) is 18.0 Å².